The van der Waals surface area contributed by atoms with E-state index in [0.29, 0.717) is 13.0 Å². The molecule has 4 nitrogen and oxygen atoms in total. The Morgan fingerprint density at radius 3 is 2.48 bits per heavy atom. The molecule has 0 spiro atoms. The molecule has 1 aliphatic rings. The van der Waals surface area contributed by atoms with E-state index in [-0.39, 0.29) is 11.7 Å². The van der Waals surface area contributed by atoms with Crippen LogP contribution in [0.4, 0.5) is 10.1 Å². The van der Waals surface area contributed by atoms with Gasteiger partial charge in [0.25, 0.3) is 0 Å². The maximum atomic E-state index is 12.9. The summed E-state index contributed by atoms with van der Waals surface area (Å²) in [6.07, 6.45) is 1.33. The van der Waals surface area contributed by atoms with Gasteiger partial charge in [-0.05, 0) is 48.9 Å². The van der Waals surface area contributed by atoms with Crippen molar-refractivity contribution in [3.05, 3.63) is 64.9 Å². The Labute approximate surface area is 164 Å². The first-order valence-electron chi connectivity index (χ1n) is 9.35. The molecule has 0 aromatic heterocycles. The van der Waals surface area contributed by atoms with Crippen LogP contribution in [-0.4, -0.2) is 50.1 Å². The fraction of sp³-hybridized carbons (Fsp3) is 0.381. The van der Waals surface area contributed by atoms with Gasteiger partial charge in [0.1, 0.15) is 5.82 Å². The first-order chi connectivity index (χ1) is 13.1. The second-order valence-electron chi connectivity index (χ2n) is 6.72. The van der Waals surface area contributed by atoms with Crippen molar-refractivity contribution >= 4 is 23.2 Å². The van der Waals surface area contributed by atoms with E-state index in [2.05, 4.69) is 16.3 Å². The number of benzene rings is 2. The monoisotopic (exact) mass is 389 g/mol. The van der Waals surface area contributed by atoms with E-state index in [1.165, 1.54) is 12.1 Å². The molecule has 1 N–H and O–H groups in total. The van der Waals surface area contributed by atoms with Crippen molar-refractivity contribution in [2.45, 2.75) is 12.8 Å². The summed E-state index contributed by atoms with van der Waals surface area (Å²) in [6.45, 7) is 4.56. The molecule has 1 heterocycles. The molecule has 0 saturated carbocycles. The number of halogens is 2. The van der Waals surface area contributed by atoms with Crippen molar-refractivity contribution in [1.29, 1.82) is 0 Å². The number of carbonyl (C=O) groups excluding carboxylic acids is 1. The molecule has 6 heteroatoms. The van der Waals surface area contributed by atoms with Crippen molar-refractivity contribution in [2.24, 2.45) is 0 Å². The first-order valence-corrected chi connectivity index (χ1v) is 9.73. The molecule has 1 fully saturated rings. The van der Waals surface area contributed by atoms with Crippen molar-refractivity contribution in [3.63, 3.8) is 0 Å². The van der Waals surface area contributed by atoms with Crippen LogP contribution in [0.5, 0.6) is 0 Å². The van der Waals surface area contributed by atoms with Crippen LogP contribution in [0.15, 0.2) is 48.5 Å². The highest BCUT2D eigenvalue weighted by Crippen LogP contribution is 2.20. The molecule has 0 bridgehead atoms. The number of hydrogen-bond acceptors (Lipinski definition) is 3. The van der Waals surface area contributed by atoms with Gasteiger partial charge in [0, 0.05) is 49.9 Å². The zero-order valence-corrected chi connectivity index (χ0v) is 16.1. The molecular formula is C21H25ClFN3O. The fourth-order valence-corrected chi connectivity index (χ4v) is 3.43. The molecule has 144 valence electrons. The summed E-state index contributed by atoms with van der Waals surface area (Å²) < 4.78 is 12.9. The molecule has 27 heavy (non-hydrogen) atoms. The number of hydrogen-bond donors (Lipinski definition) is 1. The average Bonchev–Trinajstić information content (AvgIpc) is 2.69. The Balaban J connectivity index is 1.33. The molecule has 1 aliphatic heterocycles. The second-order valence-corrected chi connectivity index (χ2v) is 7.16. The number of carbonyl (C=O) groups is 1. The number of nitrogens with zero attached hydrogens (tertiary/aromatic N) is 2. The lowest BCUT2D eigenvalue weighted by Gasteiger charge is -2.36. The molecule has 0 unspecified atom stereocenters. The number of amides is 1. The fourth-order valence-electron chi connectivity index (χ4n) is 3.25. The van der Waals surface area contributed by atoms with E-state index >= 15 is 0 Å². The Morgan fingerprint density at radius 2 is 1.78 bits per heavy atom. The van der Waals surface area contributed by atoms with Crippen LogP contribution >= 0.6 is 11.6 Å². The zero-order chi connectivity index (χ0) is 19.1. The Kier molecular flexibility index (Phi) is 7.07. The summed E-state index contributed by atoms with van der Waals surface area (Å²) in [5, 5.41) is 4.03. The summed E-state index contributed by atoms with van der Waals surface area (Å²) in [6, 6.07) is 14.4. The quantitative estimate of drug-likeness (QED) is 0.738. The Morgan fingerprint density at radius 1 is 1.04 bits per heavy atom. The van der Waals surface area contributed by atoms with Gasteiger partial charge in [0.2, 0.25) is 5.91 Å². The predicted molar refractivity (Wildman–Crippen MR) is 108 cm³/mol. The molecule has 3 rings (SSSR count). The lowest BCUT2D eigenvalue weighted by Crippen LogP contribution is -2.49. The number of rotatable bonds is 7. The lowest BCUT2D eigenvalue weighted by molar-refractivity contribution is -0.131. The van der Waals surface area contributed by atoms with Crippen LogP contribution in [-0.2, 0) is 11.2 Å². The summed E-state index contributed by atoms with van der Waals surface area (Å²) in [4.78, 5) is 16.6. The Bertz CT molecular complexity index is 745. The molecule has 0 radical (unpaired) electrons. The van der Waals surface area contributed by atoms with Crippen molar-refractivity contribution in [2.75, 3.05) is 44.2 Å². The predicted octanol–water partition coefficient (Wildman–Crippen LogP) is 3.35. The van der Waals surface area contributed by atoms with Crippen molar-refractivity contribution < 1.29 is 9.18 Å². The van der Waals surface area contributed by atoms with E-state index in [0.717, 1.165) is 55.4 Å². The van der Waals surface area contributed by atoms with Gasteiger partial charge in [-0.1, -0.05) is 29.8 Å². The van der Waals surface area contributed by atoms with Crippen LogP contribution in [0.2, 0.25) is 5.02 Å². The first kappa shape index (κ1) is 19.6. The minimum atomic E-state index is -0.215. The third-order valence-electron chi connectivity index (χ3n) is 4.83. The van der Waals surface area contributed by atoms with Crippen LogP contribution in [0.1, 0.15) is 12.0 Å². The third kappa shape index (κ3) is 5.94. The molecule has 1 amide bonds. The van der Waals surface area contributed by atoms with Gasteiger partial charge in [-0.2, -0.15) is 0 Å². The average molecular weight is 390 g/mol. The molecule has 2 aromatic carbocycles. The number of nitrogens with one attached hydrogen (secondary N) is 1. The highest BCUT2D eigenvalue weighted by molar-refractivity contribution is 6.30. The standard InChI is InChI=1S/C21H25ClFN3O/c22-18-2-1-3-20(16-18)25-12-14-26(15-13-25)21(27)9-11-24-10-8-17-4-6-19(23)7-5-17/h1-7,16,24H,8-15H2. The van der Waals surface area contributed by atoms with Gasteiger partial charge >= 0.3 is 0 Å². The summed E-state index contributed by atoms with van der Waals surface area (Å²) in [5.41, 5.74) is 2.20. The second kappa shape index (κ2) is 9.72. The van der Waals surface area contributed by atoms with Crippen LogP contribution in [0, 0.1) is 5.82 Å². The largest absolute Gasteiger partial charge is 0.368 e. The maximum absolute atomic E-state index is 12.9. The highest BCUT2D eigenvalue weighted by Gasteiger charge is 2.20. The maximum Gasteiger partial charge on any atom is 0.223 e. The van der Waals surface area contributed by atoms with Crippen LogP contribution < -0.4 is 10.2 Å². The van der Waals surface area contributed by atoms with Crippen LogP contribution in [0.3, 0.4) is 0 Å². The van der Waals surface area contributed by atoms with Gasteiger partial charge in [0.15, 0.2) is 0 Å². The van der Waals surface area contributed by atoms with E-state index in [9.17, 15) is 9.18 Å². The normalized spacial score (nSPS) is 14.4. The number of piperazine rings is 1. The smallest absolute Gasteiger partial charge is 0.223 e. The number of anilines is 1. The topological polar surface area (TPSA) is 35.6 Å². The Hall–Kier alpha value is -2.11. The van der Waals surface area contributed by atoms with Crippen molar-refractivity contribution in [3.8, 4) is 0 Å². The highest BCUT2D eigenvalue weighted by atomic mass is 35.5. The lowest BCUT2D eigenvalue weighted by atomic mass is 10.1. The molecule has 1 saturated heterocycles. The van der Waals surface area contributed by atoms with E-state index in [4.69, 9.17) is 11.6 Å². The summed E-state index contributed by atoms with van der Waals surface area (Å²) in [7, 11) is 0. The van der Waals surface area contributed by atoms with E-state index in [1.54, 1.807) is 12.1 Å². The van der Waals surface area contributed by atoms with Crippen LogP contribution in [0.25, 0.3) is 0 Å². The SMILES string of the molecule is O=C(CCNCCc1ccc(F)cc1)N1CCN(c2cccc(Cl)c2)CC1. The van der Waals surface area contributed by atoms with E-state index in [1.807, 2.05) is 23.1 Å². The van der Waals surface area contributed by atoms with Crippen molar-refractivity contribution in [1.82, 2.24) is 10.2 Å². The third-order valence-corrected chi connectivity index (χ3v) is 5.06. The summed E-state index contributed by atoms with van der Waals surface area (Å²) >= 11 is 6.06. The minimum Gasteiger partial charge on any atom is -0.368 e. The van der Waals surface area contributed by atoms with Gasteiger partial charge in [-0.3, -0.25) is 4.79 Å². The summed E-state index contributed by atoms with van der Waals surface area (Å²) in [5.74, 6) is -0.0252. The minimum absolute atomic E-state index is 0.190. The van der Waals surface area contributed by atoms with Gasteiger partial charge < -0.3 is 15.1 Å². The van der Waals surface area contributed by atoms with E-state index < -0.39 is 0 Å². The van der Waals surface area contributed by atoms with Gasteiger partial charge in [0.05, 0.1) is 0 Å². The molecular weight excluding hydrogens is 365 g/mol. The zero-order valence-electron chi connectivity index (χ0n) is 15.3. The van der Waals surface area contributed by atoms with Gasteiger partial charge in [-0.25, -0.2) is 4.39 Å². The molecule has 2 aromatic rings. The van der Waals surface area contributed by atoms with Gasteiger partial charge in [-0.15, -0.1) is 0 Å². The molecule has 0 atom stereocenters. The molecule has 0 aliphatic carbocycles.